The van der Waals surface area contributed by atoms with Gasteiger partial charge in [-0.1, -0.05) is 0 Å². The zero-order chi connectivity index (χ0) is 9.84. The van der Waals surface area contributed by atoms with Crippen molar-refractivity contribution >= 4 is 24.3 Å². The van der Waals surface area contributed by atoms with E-state index in [4.69, 9.17) is 5.73 Å². The lowest BCUT2D eigenvalue weighted by molar-refractivity contribution is -0.150. The molecular formula is C8H15ClN2O3. The van der Waals surface area contributed by atoms with Crippen LogP contribution in [0.3, 0.4) is 0 Å². The van der Waals surface area contributed by atoms with Crippen LogP contribution in [0.25, 0.3) is 0 Å². The molecule has 14 heavy (non-hydrogen) atoms. The van der Waals surface area contributed by atoms with Crippen LogP contribution >= 0.6 is 12.4 Å². The molecule has 2 N–H and O–H groups in total. The van der Waals surface area contributed by atoms with Gasteiger partial charge in [-0.3, -0.25) is 4.79 Å². The van der Waals surface area contributed by atoms with Crippen molar-refractivity contribution in [2.45, 2.75) is 18.9 Å². The molecule has 0 unspecified atom stereocenters. The Balaban J connectivity index is 0.00000169. The van der Waals surface area contributed by atoms with Gasteiger partial charge in [-0.15, -0.1) is 12.4 Å². The zero-order valence-electron chi connectivity index (χ0n) is 8.06. The minimum Gasteiger partial charge on any atom is -0.467 e. The first kappa shape index (κ1) is 13.2. The molecule has 1 aliphatic heterocycles. The fourth-order valence-electron chi connectivity index (χ4n) is 1.56. The highest BCUT2D eigenvalue weighted by molar-refractivity contribution is 5.86. The summed E-state index contributed by atoms with van der Waals surface area (Å²) in [5.41, 5.74) is 5.21. The third kappa shape index (κ3) is 2.59. The Morgan fingerprint density at radius 1 is 1.57 bits per heavy atom. The predicted molar refractivity (Wildman–Crippen MR) is 53.1 cm³/mol. The Bertz CT molecular complexity index is 201. The number of carbonyl (C=O) groups excluding carboxylic acids is 2. The SMILES string of the molecule is COC(=O)[C@@H]1CCCN1C(=O)CN.Cl. The average molecular weight is 223 g/mol. The second kappa shape index (κ2) is 5.82. The molecule has 0 saturated carbocycles. The topological polar surface area (TPSA) is 72.6 Å². The van der Waals surface area contributed by atoms with Gasteiger partial charge in [0.15, 0.2) is 0 Å². The summed E-state index contributed by atoms with van der Waals surface area (Å²) < 4.78 is 4.59. The van der Waals surface area contributed by atoms with Gasteiger partial charge in [0.05, 0.1) is 13.7 Å². The van der Waals surface area contributed by atoms with Gasteiger partial charge in [0.1, 0.15) is 6.04 Å². The molecule has 0 aromatic heterocycles. The molecule has 0 aromatic rings. The third-order valence-corrected chi connectivity index (χ3v) is 2.22. The summed E-state index contributed by atoms with van der Waals surface area (Å²) in [6.07, 6.45) is 1.52. The largest absolute Gasteiger partial charge is 0.467 e. The lowest BCUT2D eigenvalue weighted by Gasteiger charge is -2.21. The van der Waals surface area contributed by atoms with Crippen molar-refractivity contribution in [3.05, 3.63) is 0 Å². The van der Waals surface area contributed by atoms with Gasteiger partial charge in [0.2, 0.25) is 5.91 Å². The predicted octanol–water partition coefficient (Wildman–Crippen LogP) is -0.469. The summed E-state index contributed by atoms with van der Waals surface area (Å²) in [5.74, 6) is -0.535. The van der Waals surface area contributed by atoms with E-state index in [9.17, 15) is 9.59 Å². The molecule has 1 amide bonds. The van der Waals surface area contributed by atoms with Crippen molar-refractivity contribution in [2.24, 2.45) is 5.73 Å². The zero-order valence-corrected chi connectivity index (χ0v) is 8.88. The van der Waals surface area contributed by atoms with Crippen molar-refractivity contribution in [3.8, 4) is 0 Å². The second-order valence-corrected chi connectivity index (χ2v) is 2.97. The molecule has 1 atom stereocenters. The van der Waals surface area contributed by atoms with Gasteiger partial charge in [-0.2, -0.15) is 0 Å². The minimum absolute atomic E-state index is 0. The monoisotopic (exact) mass is 222 g/mol. The van der Waals surface area contributed by atoms with Gasteiger partial charge >= 0.3 is 5.97 Å². The molecule has 5 nitrogen and oxygen atoms in total. The molecule has 0 aliphatic carbocycles. The molecule has 0 radical (unpaired) electrons. The Hall–Kier alpha value is -0.810. The molecule has 1 aliphatic rings. The number of nitrogens with two attached hydrogens (primary N) is 1. The lowest BCUT2D eigenvalue weighted by atomic mass is 10.2. The number of esters is 1. The minimum atomic E-state index is -0.416. The Kier molecular flexibility index (Phi) is 5.49. The molecule has 1 fully saturated rings. The number of carbonyl (C=O) groups is 2. The first-order valence-corrected chi connectivity index (χ1v) is 4.28. The average Bonchev–Trinajstić information content (AvgIpc) is 2.63. The van der Waals surface area contributed by atoms with Gasteiger partial charge in [0, 0.05) is 6.54 Å². The number of ether oxygens (including phenoxy) is 1. The maximum Gasteiger partial charge on any atom is 0.328 e. The number of nitrogens with zero attached hydrogens (tertiary/aromatic N) is 1. The number of amides is 1. The molecule has 1 rings (SSSR count). The molecule has 82 valence electrons. The normalized spacial score (nSPS) is 20.1. The number of methoxy groups -OCH3 is 1. The molecule has 6 heteroatoms. The number of likely N-dealkylation sites (tertiary alicyclic amines) is 1. The van der Waals surface area contributed by atoms with Crippen molar-refractivity contribution in [2.75, 3.05) is 20.2 Å². The third-order valence-electron chi connectivity index (χ3n) is 2.22. The van der Waals surface area contributed by atoms with E-state index in [1.807, 2.05) is 0 Å². The van der Waals surface area contributed by atoms with E-state index in [1.165, 1.54) is 12.0 Å². The Morgan fingerprint density at radius 3 is 2.71 bits per heavy atom. The van der Waals surface area contributed by atoms with E-state index in [0.717, 1.165) is 6.42 Å². The van der Waals surface area contributed by atoms with Crippen LogP contribution in [0.2, 0.25) is 0 Å². The van der Waals surface area contributed by atoms with Gasteiger partial charge in [-0.25, -0.2) is 4.79 Å². The van der Waals surface area contributed by atoms with Crippen LogP contribution in [0.4, 0.5) is 0 Å². The van der Waals surface area contributed by atoms with Crippen LogP contribution in [0.15, 0.2) is 0 Å². The Morgan fingerprint density at radius 2 is 2.21 bits per heavy atom. The smallest absolute Gasteiger partial charge is 0.328 e. The highest BCUT2D eigenvalue weighted by Crippen LogP contribution is 2.17. The van der Waals surface area contributed by atoms with E-state index < -0.39 is 6.04 Å². The summed E-state index contributed by atoms with van der Waals surface area (Å²) >= 11 is 0. The first-order valence-electron chi connectivity index (χ1n) is 4.28. The lowest BCUT2D eigenvalue weighted by Crippen LogP contribution is -2.43. The number of hydrogen-bond donors (Lipinski definition) is 1. The molecule has 1 saturated heterocycles. The standard InChI is InChI=1S/C8H14N2O3.ClH/c1-13-8(12)6-3-2-4-10(6)7(11)5-9;/h6H,2-5,9H2,1H3;1H/t6-;/m0./s1. The Labute approximate surface area is 89.0 Å². The van der Waals surface area contributed by atoms with Crippen LogP contribution < -0.4 is 5.73 Å². The fourth-order valence-corrected chi connectivity index (χ4v) is 1.56. The summed E-state index contributed by atoms with van der Waals surface area (Å²) in [4.78, 5) is 23.9. The van der Waals surface area contributed by atoms with E-state index in [2.05, 4.69) is 4.74 Å². The summed E-state index contributed by atoms with van der Waals surface area (Å²) in [6.45, 7) is 0.559. The highest BCUT2D eigenvalue weighted by Gasteiger charge is 2.33. The second-order valence-electron chi connectivity index (χ2n) is 2.97. The van der Waals surface area contributed by atoms with Crippen molar-refractivity contribution in [1.29, 1.82) is 0 Å². The molecule has 1 heterocycles. The van der Waals surface area contributed by atoms with E-state index in [1.54, 1.807) is 0 Å². The van der Waals surface area contributed by atoms with Gasteiger partial charge < -0.3 is 15.4 Å². The van der Waals surface area contributed by atoms with Crippen LogP contribution in [0.1, 0.15) is 12.8 Å². The molecule has 0 aromatic carbocycles. The number of halogens is 1. The van der Waals surface area contributed by atoms with Crippen LogP contribution in [0.5, 0.6) is 0 Å². The van der Waals surface area contributed by atoms with Crippen LogP contribution in [-0.2, 0) is 14.3 Å². The molecule has 0 spiro atoms. The van der Waals surface area contributed by atoms with E-state index >= 15 is 0 Å². The maximum absolute atomic E-state index is 11.2. The van der Waals surface area contributed by atoms with Gasteiger partial charge in [0.25, 0.3) is 0 Å². The summed E-state index contributed by atoms with van der Waals surface area (Å²) in [5, 5.41) is 0. The molecule has 0 bridgehead atoms. The molecular weight excluding hydrogens is 208 g/mol. The van der Waals surface area contributed by atoms with E-state index in [0.29, 0.717) is 13.0 Å². The highest BCUT2D eigenvalue weighted by atomic mass is 35.5. The van der Waals surface area contributed by atoms with Crippen molar-refractivity contribution in [3.63, 3.8) is 0 Å². The van der Waals surface area contributed by atoms with Crippen molar-refractivity contribution in [1.82, 2.24) is 4.90 Å². The summed E-state index contributed by atoms with van der Waals surface area (Å²) in [6, 6.07) is -0.416. The van der Waals surface area contributed by atoms with Crippen LogP contribution in [0, 0.1) is 0 Å². The quantitative estimate of drug-likeness (QED) is 0.642. The first-order chi connectivity index (χ1) is 6.20. The number of hydrogen-bond acceptors (Lipinski definition) is 4. The van der Waals surface area contributed by atoms with Gasteiger partial charge in [-0.05, 0) is 12.8 Å². The van der Waals surface area contributed by atoms with Crippen molar-refractivity contribution < 1.29 is 14.3 Å². The van der Waals surface area contributed by atoms with E-state index in [-0.39, 0.29) is 30.8 Å². The summed E-state index contributed by atoms with van der Waals surface area (Å²) in [7, 11) is 1.33. The fraction of sp³-hybridized carbons (Fsp3) is 0.750. The maximum atomic E-state index is 11.2. The number of rotatable bonds is 2. The van der Waals surface area contributed by atoms with Crippen LogP contribution in [-0.4, -0.2) is 43.0 Å².